The lowest BCUT2D eigenvalue weighted by atomic mass is 10.1. The zero-order chi connectivity index (χ0) is 35.4. The summed E-state index contributed by atoms with van der Waals surface area (Å²) < 4.78 is 58.4. The predicted octanol–water partition coefficient (Wildman–Crippen LogP) is 5.95. The van der Waals surface area contributed by atoms with Crippen LogP contribution in [0.1, 0.15) is 18.1 Å². The van der Waals surface area contributed by atoms with Crippen LogP contribution >= 0.6 is 7.14 Å². The van der Waals surface area contributed by atoms with Crippen LogP contribution in [0.4, 0.5) is 5.69 Å². The first-order chi connectivity index (χ1) is 24.1. The normalized spacial score (nSPS) is 12.9. The van der Waals surface area contributed by atoms with Gasteiger partial charge in [0.25, 0.3) is 0 Å². The van der Waals surface area contributed by atoms with E-state index in [0.29, 0.717) is 30.2 Å². The van der Waals surface area contributed by atoms with Crippen molar-refractivity contribution in [3.05, 3.63) is 145 Å². The third-order valence-electron chi connectivity index (χ3n) is 7.85. The second-order valence-corrected chi connectivity index (χ2v) is 16.6. The van der Waals surface area contributed by atoms with Crippen LogP contribution in [0, 0.1) is 0 Å². The Hall–Kier alpha value is -4.60. The zero-order valence-electron chi connectivity index (χ0n) is 28.1. The largest absolute Gasteiger partial charge is 0.491 e. The Kier molecular flexibility index (Phi) is 12.7. The number of sulfonamides is 1. The Balaban J connectivity index is 1.09. The average Bonchev–Trinajstić information content (AvgIpc) is 3.13. The molecule has 3 N–H and O–H groups in total. The summed E-state index contributed by atoms with van der Waals surface area (Å²) in [4.78, 5) is 0. The van der Waals surface area contributed by atoms with Gasteiger partial charge in [-0.15, -0.1) is 0 Å². The minimum Gasteiger partial charge on any atom is -0.491 e. The Morgan fingerprint density at radius 3 is 1.90 bits per heavy atom. The van der Waals surface area contributed by atoms with Crippen molar-refractivity contribution in [2.45, 2.75) is 32.1 Å². The molecule has 262 valence electrons. The van der Waals surface area contributed by atoms with E-state index < -0.39 is 23.3 Å². The van der Waals surface area contributed by atoms with Crippen molar-refractivity contribution >= 4 is 33.5 Å². The summed E-state index contributed by atoms with van der Waals surface area (Å²) in [7, 11) is -6.56. The van der Waals surface area contributed by atoms with E-state index in [2.05, 4.69) is 10.0 Å². The number of anilines is 1. The Labute approximate surface area is 294 Å². The first-order valence-corrected chi connectivity index (χ1v) is 20.1. The van der Waals surface area contributed by atoms with Gasteiger partial charge in [-0.05, 0) is 48.7 Å². The van der Waals surface area contributed by atoms with E-state index in [9.17, 15) is 18.1 Å². The van der Waals surface area contributed by atoms with Crippen LogP contribution in [0.2, 0.25) is 0 Å². The first-order valence-electron chi connectivity index (χ1n) is 16.3. The number of rotatable bonds is 18. The molecule has 9 nitrogen and oxygen atoms in total. The Morgan fingerprint density at radius 2 is 1.30 bits per heavy atom. The van der Waals surface area contributed by atoms with Gasteiger partial charge in [0.1, 0.15) is 42.9 Å². The van der Waals surface area contributed by atoms with Crippen LogP contribution in [0.25, 0.3) is 0 Å². The highest BCUT2D eigenvalue weighted by Crippen LogP contribution is 2.43. The van der Waals surface area contributed by atoms with Gasteiger partial charge in [-0.2, -0.15) is 0 Å². The lowest BCUT2D eigenvalue weighted by molar-refractivity contribution is 0.104. The summed E-state index contributed by atoms with van der Waals surface area (Å²) in [6.07, 6.45) is 1.03. The van der Waals surface area contributed by atoms with Gasteiger partial charge in [-0.25, -0.2) is 8.42 Å². The topological polar surface area (TPSA) is 123 Å². The molecule has 0 aliphatic heterocycles. The maximum absolute atomic E-state index is 14.2. The third kappa shape index (κ3) is 11.0. The maximum Gasteiger partial charge on any atom is 0.229 e. The van der Waals surface area contributed by atoms with Crippen LogP contribution in [-0.4, -0.2) is 51.4 Å². The summed E-state index contributed by atoms with van der Waals surface area (Å²) in [6.45, 7) is 2.60. The van der Waals surface area contributed by atoms with Gasteiger partial charge >= 0.3 is 0 Å². The molecule has 2 atom stereocenters. The lowest BCUT2D eigenvalue weighted by Crippen LogP contribution is -2.37. The highest BCUT2D eigenvalue weighted by atomic mass is 32.2. The van der Waals surface area contributed by atoms with Crippen molar-refractivity contribution < 1.29 is 32.3 Å². The molecule has 5 rings (SSSR count). The van der Waals surface area contributed by atoms with E-state index in [0.717, 1.165) is 28.0 Å². The van der Waals surface area contributed by atoms with Gasteiger partial charge in [0.15, 0.2) is 7.14 Å². The van der Waals surface area contributed by atoms with E-state index in [4.69, 9.17) is 14.2 Å². The molecule has 0 unspecified atom stereocenters. The summed E-state index contributed by atoms with van der Waals surface area (Å²) in [6, 6.07) is 41.1. The zero-order valence-corrected chi connectivity index (χ0v) is 29.9. The van der Waals surface area contributed by atoms with Crippen LogP contribution in [0.15, 0.2) is 133 Å². The van der Waals surface area contributed by atoms with Crippen molar-refractivity contribution in [1.82, 2.24) is 5.32 Å². The summed E-state index contributed by atoms with van der Waals surface area (Å²) >= 11 is 0. The average molecular weight is 715 g/mol. The van der Waals surface area contributed by atoms with E-state index in [1.165, 1.54) is 0 Å². The van der Waals surface area contributed by atoms with Crippen molar-refractivity contribution in [1.29, 1.82) is 0 Å². The molecule has 0 aromatic heterocycles. The second-order valence-electron chi connectivity index (χ2n) is 12.1. The quantitative estimate of drug-likeness (QED) is 0.0953. The number of benzene rings is 5. The van der Waals surface area contributed by atoms with E-state index in [-0.39, 0.29) is 31.3 Å². The number of aliphatic hydroxyl groups excluding tert-OH is 1. The second kappa shape index (κ2) is 17.4. The molecule has 50 heavy (non-hydrogen) atoms. The number of aliphatic hydroxyl groups is 1. The number of hydrogen-bond donors (Lipinski definition) is 3. The molecular formula is C39H43N2O7PS. The molecule has 0 bridgehead atoms. The molecule has 0 amide bonds. The van der Waals surface area contributed by atoms with Crippen LogP contribution in [0.5, 0.6) is 17.2 Å². The molecule has 5 aromatic rings. The van der Waals surface area contributed by atoms with Gasteiger partial charge in [-0.3, -0.25) is 4.72 Å². The standard InChI is InChI=1S/C39H43N2O7PS/c1-30(24-31-18-20-34(21-19-31)48-29-49(43,36-14-8-4-9-15-36)37-16-10-5-11-17-37)40-26-33(42)28-46-35-22-23-39(38(25-35)41-50(2,44)45)47-27-32-12-6-3-7-13-32/h3-23,25,30,33,40-42H,24,26-29H2,1-2H3/t30-,33+/m0/s1. The molecule has 5 aromatic carbocycles. The van der Waals surface area contributed by atoms with Gasteiger partial charge in [0.05, 0.1) is 11.9 Å². The smallest absolute Gasteiger partial charge is 0.229 e. The SMILES string of the molecule is C[C@@H](Cc1ccc(OCP(=O)(c2ccccc2)c2ccccc2)cc1)NC[C@@H](O)COc1ccc(OCc2ccccc2)c(NS(C)(=O)=O)c1. The van der Waals surface area contributed by atoms with Crippen molar-refractivity contribution in [3.8, 4) is 17.2 Å². The minimum absolute atomic E-state index is 0.00408. The third-order valence-corrected chi connectivity index (χ3v) is 11.2. The molecule has 0 aliphatic carbocycles. The Bertz CT molecular complexity index is 1900. The fourth-order valence-corrected chi connectivity index (χ4v) is 8.07. The molecule has 11 heteroatoms. The number of hydrogen-bond acceptors (Lipinski definition) is 8. The molecule has 0 spiro atoms. The van der Waals surface area contributed by atoms with Gasteiger partial charge in [0, 0.05) is 29.3 Å². The van der Waals surface area contributed by atoms with Crippen molar-refractivity contribution in [3.63, 3.8) is 0 Å². The van der Waals surface area contributed by atoms with Crippen molar-refractivity contribution in [2.24, 2.45) is 0 Å². The van der Waals surface area contributed by atoms with Crippen LogP contribution in [0.3, 0.4) is 0 Å². The molecular weight excluding hydrogens is 671 g/mol. The first kappa shape index (κ1) is 36.7. The molecule has 0 aliphatic rings. The van der Waals surface area contributed by atoms with Gasteiger partial charge in [0.2, 0.25) is 10.0 Å². The highest BCUT2D eigenvalue weighted by molar-refractivity contribution is 7.92. The summed E-state index contributed by atoms with van der Waals surface area (Å²) in [5, 5.41) is 15.5. The van der Waals surface area contributed by atoms with Crippen LogP contribution < -0.4 is 34.9 Å². The number of ether oxygens (including phenoxy) is 3. The summed E-state index contributed by atoms with van der Waals surface area (Å²) in [5.41, 5.74) is 2.28. The monoisotopic (exact) mass is 714 g/mol. The molecule has 0 radical (unpaired) electrons. The minimum atomic E-state index is -3.57. The van der Waals surface area contributed by atoms with Gasteiger partial charge < -0.3 is 29.2 Å². The fraction of sp³-hybridized carbons (Fsp3) is 0.231. The molecule has 0 heterocycles. The fourth-order valence-electron chi connectivity index (χ4n) is 5.28. The van der Waals surface area contributed by atoms with E-state index in [1.54, 1.807) is 18.2 Å². The lowest BCUT2D eigenvalue weighted by Gasteiger charge is -2.20. The molecule has 0 saturated heterocycles. The maximum atomic E-state index is 14.2. The molecule has 0 fully saturated rings. The van der Waals surface area contributed by atoms with E-state index >= 15 is 0 Å². The Morgan fingerprint density at radius 1 is 0.720 bits per heavy atom. The van der Waals surface area contributed by atoms with Gasteiger partial charge in [-0.1, -0.05) is 103 Å². The summed E-state index contributed by atoms with van der Waals surface area (Å²) in [5.74, 6) is 1.39. The van der Waals surface area contributed by atoms with E-state index in [1.807, 2.05) is 122 Å². The van der Waals surface area contributed by atoms with Crippen molar-refractivity contribution in [2.75, 3.05) is 30.5 Å². The highest BCUT2D eigenvalue weighted by Gasteiger charge is 2.28. The van der Waals surface area contributed by atoms with Crippen LogP contribution in [-0.2, 0) is 27.6 Å². The number of nitrogens with one attached hydrogen (secondary N) is 2. The molecule has 0 saturated carbocycles. The predicted molar refractivity (Wildman–Crippen MR) is 200 cm³/mol.